The molecule has 0 aromatic heterocycles. The Morgan fingerprint density at radius 1 is 1.15 bits per heavy atom. The second kappa shape index (κ2) is 6.93. The van der Waals surface area contributed by atoms with Crippen LogP contribution in [0, 0.1) is 0 Å². The van der Waals surface area contributed by atoms with E-state index in [1.54, 1.807) is 7.11 Å². The van der Waals surface area contributed by atoms with Gasteiger partial charge >= 0.3 is 0 Å². The maximum atomic E-state index is 9.13. The van der Waals surface area contributed by atoms with E-state index in [-0.39, 0.29) is 6.61 Å². The summed E-state index contributed by atoms with van der Waals surface area (Å²) in [7, 11) is 1.62. The van der Waals surface area contributed by atoms with Crippen LogP contribution in [0.3, 0.4) is 0 Å². The summed E-state index contributed by atoms with van der Waals surface area (Å²) >= 11 is 0. The Morgan fingerprint density at radius 3 is 2.55 bits per heavy atom. The minimum Gasteiger partial charge on any atom is -0.496 e. The topological polar surface area (TPSA) is 64.7 Å². The van der Waals surface area contributed by atoms with Gasteiger partial charge in [0.25, 0.3) is 0 Å². The predicted octanol–water partition coefficient (Wildman–Crippen LogP) is 2.27. The molecule has 0 aliphatic heterocycles. The first kappa shape index (κ1) is 14.4. The summed E-state index contributed by atoms with van der Waals surface area (Å²) in [4.78, 5) is 0. The molecule has 0 unspecified atom stereocenters. The Balaban J connectivity index is 2.16. The number of rotatable bonds is 6. The highest BCUT2D eigenvalue weighted by Gasteiger charge is 2.10. The van der Waals surface area contributed by atoms with Gasteiger partial charge in [-0.2, -0.15) is 0 Å². The lowest BCUT2D eigenvalue weighted by molar-refractivity contribution is 0.267. The molecule has 2 aromatic rings. The average molecular weight is 273 g/mol. The summed E-state index contributed by atoms with van der Waals surface area (Å²) in [5.41, 5.74) is 7.59. The summed E-state index contributed by atoms with van der Waals surface area (Å²) in [5.74, 6) is 1.54. The van der Waals surface area contributed by atoms with Crippen LogP contribution in [-0.2, 0) is 6.61 Å². The molecule has 0 saturated heterocycles. The molecule has 0 aliphatic carbocycles. The number of benzene rings is 2. The van der Waals surface area contributed by atoms with Gasteiger partial charge in [0.15, 0.2) is 0 Å². The highest BCUT2D eigenvalue weighted by molar-refractivity contribution is 5.38. The molecule has 1 atom stereocenters. The second-order valence-electron chi connectivity index (χ2n) is 4.46. The molecule has 2 rings (SSSR count). The molecular weight excluding hydrogens is 254 g/mol. The molecule has 0 fully saturated rings. The van der Waals surface area contributed by atoms with E-state index in [9.17, 15) is 0 Å². The number of hydrogen-bond donors (Lipinski definition) is 2. The molecule has 0 heterocycles. The molecule has 3 N–H and O–H groups in total. The summed E-state index contributed by atoms with van der Waals surface area (Å²) in [5, 5.41) is 9.13. The van der Waals surface area contributed by atoms with Crippen LogP contribution in [-0.4, -0.2) is 18.8 Å². The third-order valence-corrected chi connectivity index (χ3v) is 3.07. The van der Waals surface area contributed by atoms with E-state index in [2.05, 4.69) is 0 Å². The van der Waals surface area contributed by atoms with E-state index in [1.807, 2.05) is 48.5 Å². The van der Waals surface area contributed by atoms with Crippen molar-refractivity contribution in [3.8, 4) is 11.5 Å². The number of nitrogens with two attached hydrogens (primary N) is 1. The molecule has 20 heavy (non-hydrogen) atoms. The van der Waals surface area contributed by atoms with Crippen molar-refractivity contribution < 1.29 is 14.6 Å². The third kappa shape index (κ3) is 3.50. The summed E-state index contributed by atoms with van der Waals surface area (Å²) in [6.45, 7) is 0.296. The smallest absolute Gasteiger partial charge is 0.125 e. The first-order chi connectivity index (χ1) is 9.74. The fraction of sp³-hybridized carbons (Fsp3) is 0.250. The SMILES string of the molecule is COc1ccc([C@H](N)CO)cc1COc1ccccc1. The van der Waals surface area contributed by atoms with Crippen LogP contribution in [0.1, 0.15) is 17.2 Å². The molecule has 106 valence electrons. The zero-order valence-electron chi connectivity index (χ0n) is 11.5. The van der Waals surface area contributed by atoms with Crippen LogP contribution in [0.15, 0.2) is 48.5 Å². The monoisotopic (exact) mass is 273 g/mol. The molecular formula is C16H19NO3. The lowest BCUT2D eigenvalue weighted by atomic mass is 10.0. The molecule has 0 bridgehead atoms. The normalized spacial score (nSPS) is 11.9. The Bertz CT molecular complexity index is 543. The molecule has 0 aliphatic rings. The van der Waals surface area contributed by atoms with Gasteiger partial charge in [-0.25, -0.2) is 0 Å². The highest BCUT2D eigenvalue weighted by atomic mass is 16.5. The van der Waals surface area contributed by atoms with Crippen molar-refractivity contribution in [1.29, 1.82) is 0 Å². The molecule has 4 heteroatoms. The van der Waals surface area contributed by atoms with Gasteiger partial charge in [0.05, 0.1) is 19.8 Å². The quantitative estimate of drug-likeness (QED) is 0.847. The van der Waals surface area contributed by atoms with Gasteiger partial charge in [-0.3, -0.25) is 0 Å². The van der Waals surface area contributed by atoms with Crippen LogP contribution >= 0.6 is 0 Å². The summed E-state index contributed by atoms with van der Waals surface area (Å²) in [6.07, 6.45) is 0. The van der Waals surface area contributed by atoms with Crippen molar-refractivity contribution in [2.24, 2.45) is 5.73 Å². The predicted molar refractivity (Wildman–Crippen MR) is 77.8 cm³/mol. The number of aliphatic hydroxyl groups excluding tert-OH is 1. The maximum Gasteiger partial charge on any atom is 0.125 e. The maximum absolute atomic E-state index is 9.13. The van der Waals surface area contributed by atoms with E-state index in [1.165, 1.54) is 0 Å². The molecule has 4 nitrogen and oxygen atoms in total. The van der Waals surface area contributed by atoms with Crippen molar-refractivity contribution in [3.63, 3.8) is 0 Å². The Hall–Kier alpha value is -2.04. The fourth-order valence-electron chi connectivity index (χ4n) is 1.93. The third-order valence-electron chi connectivity index (χ3n) is 3.07. The van der Waals surface area contributed by atoms with Crippen molar-refractivity contribution in [2.45, 2.75) is 12.6 Å². The number of para-hydroxylation sites is 1. The highest BCUT2D eigenvalue weighted by Crippen LogP contribution is 2.24. The Morgan fingerprint density at radius 2 is 1.90 bits per heavy atom. The summed E-state index contributed by atoms with van der Waals surface area (Å²) < 4.78 is 11.0. The molecule has 0 spiro atoms. The first-order valence-electron chi connectivity index (χ1n) is 6.45. The van der Waals surface area contributed by atoms with E-state index < -0.39 is 6.04 Å². The zero-order valence-corrected chi connectivity index (χ0v) is 11.5. The van der Waals surface area contributed by atoms with E-state index in [0.29, 0.717) is 6.61 Å². The summed E-state index contributed by atoms with van der Waals surface area (Å²) in [6, 6.07) is 14.8. The van der Waals surface area contributed by atoms with Gasteiger partial charge in [0, 0.05) is 5.56 Å². The van der Waals surface area contributed by atoms with Gasteiger partial charge in [-0.15, -0.1) is 0 Å². The van der Waals surface area contributed by atoms with Gasteiger partial charge in [-0.1, -0.05) is 24.3 Å². The molecule has 0 amide bonds. The van der Waals surface area contributed by atoms with Gasteiger partial charge < -0.3 is 20.3 Å². The van der Waals surface area contributed by atoms with E-state index in [0.717, 1.165) is 22.6 Å². The Labute approximate surface area is 118 Å². The van der Waals surface area contributed by atoms with E-state index in [4.69, 9.17) is 20.3 Å². The Kier molecular flexibility index (Phi) is 4.98. The lowest BCUT2D eigenvalue weighted by Crippen LogP contribution is -2.15. The average Bonchev–Trinajstić information content (AvgIpc) is 2.52. The second-order valence-corrected chi connectivity index (χ2v) is 4.46. The van der Waals surface area contributed by atoms with Crippen molar-refractivity contribution in [1.82, 2.24) is 0 Å². The first-order valence-corrected chi connectivity index (χ1v) is 6.45. The van der Waals surface area contributed by atoms with Crippen LogP contribution in [0.25, 0.3) is 0 Å². The number of ether oxygens (including phenoxy) is 2. The van der Waals surface area contributed by atoms with Gasteiger partial charge in [0.2, 0.25) is 0 Å². The van der Waals surface area contributed by atoms with Crippen molar-refractivity contribution >= 4 is 0 Å². The van der Waals surface area contributed by atoms with Crippen LogP contribution in [0.5, 0.6) is 11.5 Å². The minimum absolute atomic E-state index is 0.0920. The lowest BCUT2D eigenvalue weighted by Gasteiger charge is -2.14. The number of methoxy groups -OCH3 is 1. The van der Waals surface area contributed by atoms with Crippen LogP contribution < -0.4 is 15.2 Å². The zero-order chi connectivity index (χ0) is 14.4. The van der Waals surface area contributed by atoms with E-state index >= 15 is 0 Å². The minimum atomic E-state index is -0.392. The van der Waals surface area contributed by atoms with Gasteiger partial charge in [0.1, 0.15) is 18.1 Å². The molecule has 0 radical (unpaired) electrons. The van der Waals surface area contributed by atoms with Crippen molar-refractivity contribution in [2.75, 3.05) is 13.7 Å². The fourth-order valence-corrected chi connectivity index (χ4v) is 1.93. The van der Waals surface area contributed by atoms with Gasteiger partial charge in [-0.05, 0) is 29.8 Å². The van der Waals surface area contributed by atoms with Crippen LogP contribution in [0.4, 0.5) is 0 Å². The number of hydrogen-bond acceptors (Lipinski definition) is 4. The number of aliphatic hydroxyl groups is 1. The van der Waals surface area contributed by atoms with Crippen molar-refractivity contribution in [3.05, 3.63) is 59.7 Å². The largest absolute Gasteiger partial charge is 0.496 e. The molecule has 0 saturated carbocycles. The molecule has 2 aromatic carbocycles. The van der Waals surface area contributed by atoms with Crippen LogP contribution in [0.2, 0.25) is 0 Å². The standard InChI is InChI=1S/C16H19NO3/c1-19-16-8-7-12(15(17)10-18)9-13(16)11-20-14-5-3-2-4-6-14/h2-9,15,18H,10-11,17H2,1H3/t15-/m1/s1.